The molecule has 2 heterocycles. The Morgan fingerprint density at radius 1 is 1.24 bits per heavy atom. The van der Waals surface area contributed by atoms with Gasteiger partial charge in [0.1, 0.15) is 12.3 Å². The second-order valence-electron chi connectivity index (χ2n) is 6.79. The lowest BCUT2D eigenvalue weighted by Gasteiger charge is -2.22. The molecule has 1 aromatic heterocycles. The van der Waals surface area contributed by atoms with Crippen molar-refractivity contribution in [2.45, 2.75) is 23.5 Å². The van der Waals surface area contributed by atoms with Crippen molar-refractivity contribution in [1.29, 1.82) is 0 Å². The number of aryl methyl sites for hydroxylation is 1. The van der Waals surface area contributed by atoms with Crippen molar-refractivity contribution in [3.8, 4) is 0 Å². The van der Waals surface area contributed by atoms with Crippen LogP contribution in [0.2, 0.25) is 5.02 Å². The van der Waals surface area contributed by atoms with Gasteiger partial charge in [0.2, 0.25) is 11.8 Å². The third-order valence-corrected chi connectivity index (χ3v) is 6.39. The van der Waals surface area contributed by atoms with Gasteiger partial charge < -0.3 is 14.6 Å². The van der Waals surface area contributed by atoms with Crippen LogP contribution >= 0.6 is 23.4 Å². The highest BCUT2D eigenvalue weighted by molar-refractivity contribution is 7.99. The monoisotopic (exact) mass is 426 g/mol. The molecule has 1 aliphatic rings. The van der Waals surface area contributed by atoms with Gasteiger partial charge in [-0.15, -0.1) is 11.8 Å². The van der Waals surface area contributed by atoms with Gasteiger partial charge >= 0.3 is 0 Å². The van der Waals surface area contributed by atoms with Gasteiger partial charge in [0.05, 0.1) is 17.2 Å². The molecule has 7 heteroatoms. The second-order valence-corrected chi connectivity index (χ2v) is 8.44. The molecule has 0 radical (unpaired) electrons. The Labute approximate surface area is 178 Å². The quantitative estimate of drug-likeness (QED) is 0.602. The predicted octanol–water partition coefficient (Wildman–Crippen LogP) is 5.45. The van der Waals surface area contributed by atoms with Gasteiger partial charge in [-0.1, -0.05) is 29.8 Å². The van der Waals surface area contributed by atoms with Crippen LogP contribution in [0.4, 0.5) is 11.4 Å². The number of furan rings is 1. The lowest BCUT2D eigenvalue weighted by Crippen LogP contribution is -2.38. The number of anilines is 2. The van der Waals surface area contributed by atoms with E-state index in [9.17, 15) is 9.59 Å². The molecule has 5 nitrogen and oxygen atoms in total. The first-order chi connectivity index (χ1) is 14.0. The summed E-state index contributed by atoms with van der Waals surface area (Å²) in [5.74, 6) is 0.342. The summed E-state index contributed by atoms with van der Waals surface area (Å²) in [5.41, 5.74) is 2.26. The molecule has 0 fully saturated rings. The summed E-state index contributed by atoms with van der Waals surface area (Å²) < 4.78 is 5.52. The number of hydrogen-bond acceptors (Lipinski definition) is 4. The molecule has 1 atom stereocenters. The maximum Gasteiger partial charge on any atom is 0.244 e. The Morgan fingerprint density at radius 3 is 2.83 bits per heavy atom. The van der Waals surface area contributed by atoms with E-state index in [0.29, 0.717) is 10.7 Å². The van der Waals surface area contributed by atoms with Gasteiger partial charge in [-0.3, -0.25) is 9.59 Å². The van der Waals surface area contributed by atoms with E-state index in [4.69, 9.17) is 16.0 Å². The minimum Gasteiger partial charge on any atom is -0.468 e. The van der Waals surface area contributed by atoms with Crippen LogP contribution in [-0.4, -0.2) is 18.4 Å². The molecular weight excluding hydrogens is 408 g/mol. The lowest BCUT2D eigenvalue weighted by atomic mass is 10.2. The van der Waals surface area contributed by atoms with Gasteiger partial charge in [-0.25, -0.2) is 0 Å². The number of para-hydroxylation sites is 1. The summed E-state index contributed by atoms with van der Waals surface area (Å²) in [4.78, 5) is 28.2. The molecule has 148 valence electrons. The maximum atomic E-state index is 13.0. The second kappa shape index (κ2) is 8.35. The fraction of sp³-hybridized carbons (Fsp3) is 0.182. The number of fused-ring (bicyclic) bond motifs is 1. The Morgan fingerprint density at radius 2 is 2.07 bits per heavy atom. The smallest absolute Gasteiger partial charge is 0.244 e. The van der Waals surface area contributed by atoms with Gasteiger partial charge in [0.15, 0.2) is 0 Å². The number of nitrogens with zero attached hydrogens (tertiary/aromatic N) is 1. The van der Waals surface area contributed by atoms with E-state index in [0.717, 1.165) is 21.9 Å². The van der Waals surface area contributed by atoms with Crippen LogP contribution in [0, 0.1) is 6.92 Å². The van der Waals surface area contributed by atoms with Crippen LogP contribution in [0.25, 0.3) is 0 Å². The van der Waals surface area contributed by atoms with Crippen molar-refractivity contribution in [2.75, 3.05) is 16.8 Å². The highest BCUT2D eigenvalue weighted by atomic mass is 35.5. The largest absolute Gasteiger partial charge is 0.468 e. The number of benzene rings is 2. The van der Waals surface area contributed by atoms with E-state index in [1.807, 2.05) is 49.4 Å². The van der Waals surface area contributed by atoms with Gasteiger partial charge in [-0.05, 0) is 48.9 Å². The number of rotatable bonds is 4. The molecule has 0 saturated heterocycles. The number of carbonyl (C=O) groups excluding carboxylic acids is 2. The van der Waals surface area contributed by atoms with Crippen LogP contribution in [0.1, 0.15) is 23.0 Å². The lowest BCUT2D eigenvalue weighted by molar-refractivity contribution is -0.121. The van der Waals surface area contributed by atoms with E-state index < -0.39 is 0 Å². The third kappa shape index (κ3) is 4.33. The maximum absolute atomic E-state index is 13.0. The summed E-state index contributed by atoms with van der Waals surface area (Å²) >= 11 is 7.71. The Hall–Kier alpha value is -2.70. The summed E-state index contributed by atoms with van der Waals surface area (Å²) in [6.07, 6.45) is 1.85. The van der Waals surface area contributed by atoms with Crippen LogP contribution in [0.3, 0.4) is 0 Å². The topological polar surface area (TPSA) is 62.6 Å². The van der Waals surface area contributed by atoms with Crippen molar-refractivity contribution >= 4 is 46.6 Å². The number of halogens is 1. The molecule has 3 aromatic rings. The molecule has 2 aromatic carbocycles. The molecular formula is C22H19ClN2O3S. The molecule has 1 N–H and O–H groups in total. The van der Waals surface area contributed by atoms with Crippen LogP contribution in [0.5, 0.6) is 0 Å². The number of hydrogen-bond donors (Lipinski definition) is 1. The molecule has 0 unspecified atom stereocenters. The average Bonchev–Trinajstić information content (AvgIpc) is 3.19. The van der Waals surface area contributed by atoms with E-state index in [1.54, 1.807) is 30.2 Å². The van der Waals surface area contributed by atoms with Gasteiger partial charge in [-0.2, -0.15) is 0 Å². The first-order valence-electron chi connectivity index (χ1n) is 9.17. The van der Waals surface area contributed by atoms with Crippen LogP contribution in [0.15, 0.2) is 70.2 Å². The molecule has 0 bridgehead atoms. The number of amides is 2. The molecule has 0 aliphatic carbocycles. The van der Waals surface area contributed by atoms with Crippen molar-refractivity contribution in [3.05, 3.63) is 77.2 Å². The van der Waals surface area contributed by atoms with Crippen LogP contribution < -0.4 is 10.2 Å². The Kier molecular flexibility index (Phi) is 5.65. The first-order valence-corrected chi connectivity index (χ1v) is 10.4. The van der Waals surface area contributed by atoms with Crippen molar-refractivity contribution in [2.24, 2.45) is 0 Å². The summed E-state index contributed by atoms with van der Waals surface area (Å²) in [6, 6.07) is 16.6. The molecule has 0 spiro atoms. The zero-order valence-corrected chi connectivity index (χ0v) is 17.3. The molecule has 1 aliphatic heterocycles. The Bertz CT molecular complexity index is 1050. The van der Waals surface area contributed by atoms with E-state index in [2.05, 4.69) is 5.32 Å². The summed E-state index contributed by atoms with van der Waals surface area (Å²) in [7, 11) is 0. The highest BCUT2D eigenvalue weighted by Gasteiger charge is 2.31. The van der Waals surface area contributed by atoms with E-state index in [1.165, 1.54) is 4.90 Å². The molecule has 2 amide bonds. The summed E-state index contributed by atoms with van der Waals surface area (Å²) in [6.45, 7) is 1.82. The van der Waals surface area contributed by atoms with Gasteiger partial charge in [0, 0.05) is 22.0 Å². The van der Waals surface area contributed by atoms with E-state index in [-0.39, 0.29) is 30.0 Å². The SMILES string of the molecule is Cc1ccc(NC(=O)CN2C(=O)C[C@H](c3ccco3)Sc3ccccc32)cc1Cl. The number of carbonyl (C=O) groups is 2. The minimum absolute atomic E-state index is 0.0766. The van der Waals surface area contributed by atoms with Crippen molar-refractivity contribution in [1.82, 2.24) is 0 Å². The molecule has 0 saturated carbocycles. The van der Waals surface area contributed by atoms with Crippen LogP contribution in [-0.2, 0) is 9.59 Å². The molecule has 29 heavy (non-hydrogen) atoms. The van der Waals surface area contributed by atoms with Gasteiger partial charge in [0.25, 0.3) is 0 Å². The van der Waals surface area contributed by atoms with Crippen molar-refractivity contribution < 1.29 is 14.0 Å². The van der Waals surface area contributed by atoms with Crippen molar-refractivity contribution in [3.63, 3.8) is 0 Å². The van der Waals surface area contributed by atoms with E-state index >= 15 is 0 Å². The zero-order chi connectivity index (χ0) is 20.4. The standard InChI is InChI=1S/C22H19ClN2O3S/c1-14-8-9-15(11-16(14)23)24-21(26)13-25-17-5-2-3-7-19(17)29-20(12-22(25)27)18-6-4-10-28-18/h2-11,20H,12-13H2,1H3,(H,24,26)/t20-/m1/s1. The molecule has 4 rings (SSSR count). The Balaban J connectivity index is 1.57. The number of nitrogens with one attached hydrogen (secondary N) is 1. The highest BCUT2D eigenvalue weighted by Crippen LogP contribution is 2.45. The third-order valence-electron chi connectivity index (χ3n) is 4.70. The fourth-order valence-electron chi connectivity index (χ4n) is 3.20. The fourth-order valence-corrected chi connectivity index (χ4v) is 4.62. The average molecular weight is 427 g/mol. The summed E-state index contributed by atoms with van der Waals surface area (Å²) in [5, 5.41) is 3.27. The predicted molar refractivity (Wildman–Crippen MR) is 116 cm³/mol. The minimum atomic E-state index is -0.283. The number of thioether (sulfide) groups is 1. The first kappa shape index (κ1) is 19.6. The normalized spacial score (nSPS) is 16.3. The zero-order valence-electron chi connectivity index (χ0n) is 15.7.